The minimum absolute atomic E-state index is 0.0451. The third-order valence-corrected chi connectivity index (χ3v) is 10.7. The van der Waals surface area contributed by atoms with E-state index in [1.807, 2.05) is 38.2 Å². The first-order valence-electron chi connectivity index (χ1n) is 18.0. The van der Waals surface area contributed by atoms with Crippen LogP contribution in [0.1, 0.15) is 87.0 Å². The van der Waals surface area contributed by atoms with Gasteiger partial charge < -0.3 is 15.4 Å². The molecule has 6 heteroatoms. The number of nitrogens with one attached hydrogen (secondary N) is 2. The molecule has 8 atom stereocenters. The Labute approximate surface area is 303 Å². The molecule has 0 aromatic heterocycles. The number of allylic oxidation sites excluding steroid dienone is 10. The van der Waals surface area contributed by atoms with Gasteiger partial charge in [0, 0.05) is 30.3 Å². The molecule has 0 saturated heterocycles. The molecule has 0 fully saturated rings. The summed E-state index contributed by atoms with van der Waals surface area (Å²) in [4.78, 5) is 14.1. The second-order valence-electron chi connectivity index (χ2n) is 15.1. The van der Waals surface area contributed by atoms with Crippen molar-refractivity contribution >= 4 is 17.4 Å². The Morgan fingerprint density at radius 3 is 2.49 bits per heavy atom. The summed E-state index contributed by atoms with van der Waals surface area (Å²) in [6, 6.07) is -0.132. The van der Waals surface area contributed by atoms with Crippen LogP contribution in [0.25, 0.3) is 0 Å². The highest BCUT2D eigenvalue weighted by atomic mass is 35.5. The van der Waals surface area contributed by atoms with Gasteiger partial charge in [0.2, 0.25) is 0 Å². The largest absolute Gasteiger partial charge is 0.496 e. The molecule has 49 heavy (non-hydrogen) atoms. The predicted molar refractivity (Wildman–Crippen MR) is 209 cm³/mol. The molecule has 2 rings (SSSR count). The van der Waals surface area contributed by atoms with Crippen LogP contribution < -0.4 is 10.6 Å². The molecule has 4 nitrogen and oxygen atoms in total. The fourth-order valence-electron chi connectivity index (χ4n) is 7.01. The Morgan fingerprint density at radius 1 is 1.20 bits per heavy atom. The van der Waals surface area contributed by atoms with Crippen LogP contribution in [0.15, 0.2) is 108 Å². The number of carbonyl (C=O) groups excluding carboxylic acids is 1. The Kier molecular flexibility index (Phi) is 17.2. The Balaban J connectivity index is 2.48. The number of methoxy groups -OCH3 is 1. The van der Waals surface area contributed by atoms with Gasteiger partial charge in [0.05, 0.1) is 18.2 Å². The lowest BCUT2D eigenvalue weighted by Crippen LogP contribution is -2.40. The molecule has 272 valence electrons. The van der Waals surface area contributed by atoms with Gasteiger partial charge in [-0.25, -0.2) is 4.39 Å². The highest BCUT2D eigenvalue weighted by Gasteiger charge is 2.34. The van der Waals surface area contributed by atoms with Crippen LogP contribution in [-0.2, 0) is 9.53 Å². The van der Waals surface area contributed by atoms with E-state index in [1.165, 1.54) is 0 Å². The van der Waals surface area contributed by atoms with Gasteiger partial charge in [-0.2, -0.15) is 0 Å². The van der Waals surface area contributed by atoms with Crippen molar-refractivity contribution in [2.75, 3.05) is 13.7 Å². The smallest absolute Gasteiger partial charge is 0.136 e. The van der Waals surface area contributed by atoms with Gasteiger partial charge in [-0.3, -0.25) is 4.79 Å². The van der Waals surface area contributed by atoms with Gasteiger partial charge in [-0.15, -0.1) is 0 Å². The molecule has 0 saturated carbocycles. The topological polar surface area (TPSA) is 50.4 Å². The molecule has 6 unspecified atom stereocenters. The van der Waals surface area contributed by atoms with Crippen molar-refractivity contribution in [1.82, 2.24) is 10.6 Å². The summed E-state index contributed by atoms with van der Waals surface area (Å²) >= 11 is 6.59. The SMILES string of the molecule is C=C/C=C(\C=C/C)C(F)C(C)C(C)[C@@H]1C/C=C/C(=C)N[C@H](CC2(C)C=C(Cl)C(OC)=CC2)C(=C)NCC(C)C(=C)CC(CC(C)C)C(=O)C1. The first-order valence-corrected chi connectivity index (χ1v) is 18.4. The maximum atomic E-state index is 16.0. The number of halogens is 2. The summed E-state index contributed by atoms with van der Waals surface area (Å²) in [6.45, 7) is 32.3. The van der Waals surface area contributed by atoms with Crippen molar-refractivity contribution in [2.45, 2.75) is 99.2 Å². The van der Waals surface area contributed by atoms with E-state index in [0.717, 1.165) is 36.2 Å². The summed E-state index contributed by atoms with van der Waals surface area (Å²) in [5.41, 5.74) is 3.04. The fourth-order valence-corrected chi connectivity index (χ4v) is 7.43. The molecule has 0 aromatic rings. The second kappa shape index (κ2) is 20.0. The molecular formula is C43H64ClFN2O2. The zero-order valence-corrected chi connectivity index (χ0v) is 32.3. The third kappa shape index (κ3) is 13.0. The van der Waals surface area contributed by atoms with Crippen LogP contribution in [0.4, 0.5) is 4.39 Å². The van der Waals surface area contributed by atoms with Crippen LogP contribution in [0.3, 0.4) is 0 Å². The van der Waals surface area contributed by atoms with E-state index in [-0.39, 0.29) is 46.8 Å². The average Bonchev–Trinajstić information content (AvgIpc) is 3.04. The molecule has 1 heterocycles. The van der Waals surface area contributed by atoms with Crippen molar-refractivity contribution in [3.8, 4) is 0 Å². The summed E-state index contributed by atoms with van der Waals surface area (Å²) in [5.74, 6) is 0.898. The molecule has 1 aliphatic heterocycles. The standard InChI is InChI=1S/C43H64ClFN2O2/c1-13-16-35(17-14-2)42(45)33(9)32(8)36-19-15-18-31(7)47-39(26-43(11)21-20-41(49-12)38(44)25-43)34(10)46-27-30(6)29(5)23-37(22-28(3)4)40(48)24-36/h13-18,20,25,28,30,32-33,36-37,39,42,46-47H,1,5,7,10,19,21-24,26-27H2,2-4,6,8-9,11-12H3/b17-14-,18-15+,35-16+/t30?,32?,33?,36-,37?,39-,42?,43?/m1/s1. The highest BCUT2D eigenvalue weighted by molar-refractivity contribution is 6.31. The summed E-state index contributed by atoms with van der Waals surface area (Å²) in [5, 5.41) is 7.80. The lowest BCUT2D eigenvalue weighted by molar-refractivity contribution is -0.124. The van der Waals surface area contributed by atoms with Crippen LogP contribution in [0.5, 0.6) is 0 Å². The second-order valence-corrected chi connectivity index (χ2v) is 15.5. The molecule has 1 aliphatic carbocycles. The highest BCUT2D eigenvalue weighted by Crippen LogP contribution is 2.40. The van der Waals surface area contributed by atoms with Crippen LogP contribution >= 0.6 is 11.6 Å². The average molecular weight is 695 g/mol. The van der Waals surface area contributed by atoms with E-state index in [9.17, 15) is 4.79 Å². The molecular weight excluding hydrogens is 631 g/mol. The number of rotatable bonds is 11. The van der Waals surface area contributed by atoms with Crippen LogP contribution in [0.2, 0.25) is 0 Å². The van der Waals surface area contributed by atoms with E-state index < -0.39 is 6.17 Å². The number of Topliss-reactive ketones (excluding diaryl/α,β-unsaturated/α-hetero) is 1. The molecule has 0 radical (unpaired) electrons. The first kappa shape index (κ1) is 42.1. The molecule has 0 amide bonds. The van der Waals surface area contributed by atoms with Crippen molar-refractivity contribution in [2.24, 2.45) is 40.9 Å². The minimum atomic E-state index is -1.18. The van der Waals surface area contributed by atoms with Crippen LogP contribution in [0, 0.1) is 40.9 Å². The van der Waals surface area contributed by atoms with Crippen LogP contribution in [-0.4, -0.2) is 31.7 Å². The van der Waals surface area contributed by atoms with E-state index >= 15 is 4.39 Å². The van der Waals surface area contributed by atoms with Crippen molar-refractivity contribution in [3.63, 3.8) is 0 Å². The van der Waals surface area contributed by atoms with E-state index in [2.05, 4.69) is 83.7 Å². The van der Waals surface area contributed by atoms with Gasteiger partial charge in [-0.1, -0.05) is 121 Å². The third-order valence-electron chi connectivity index (χ3n) is 10.4. The van der Waals surface area contributed by atoms with Gasteiger partial charge in [0.25, 0.3) is 0 Å². The first-order chi connectivity index (χ1) is 23.0. The fraction of sp³-hybridized carbons (Fsp3) is 0.558. The quantitative estimate of drug-likeness (QED) is 0.167. The maximum absolute atomic E-state index is 16.0. The van der Waals surface area contributed by atoms with E-state index in [1.54, 1.807) is 19.3 Å². The molecule has 0 aromatic carbocycles. The van der Waals surface area contributed by atoms with Crippen molar-refractivity contribution in [1.29, 1.82) is 0 Å². The molecule has 0 bridgehead atoms. The van der Waals surface area contributed by atoms with Gasteiger partial charge in [-0.05, 0) is 91.8 Å². The van der Waals surface area contributed by atoms with Crippen molar-refractivity contribution in [3.05, 3.63) is 108 Å². The van der Waals surface area contributed by atoms with E-state index in [4.69, 9.17) is 16.3 Å². The maximum Gasteiger partial charge on any atom is 0.136 e. The summed E-state index contributed by atoms with van der Waals surface area (Å²) in [7, 11) is 1.63. The van der Waals surface area contributed by atoms with Gasteiger partial charge in [0.15, 0.2) is 0 Å². The number of carbonyl (C=O) groups is 1. The minimum Gasteiger partial charge on any atom is -0.496 e. The predicted octanol–water partition coefficient (Wildman–Crippen LogP) is 11.1. The number of ketones is 1. The number of hydrogen-bond acceptors (Lipinski definition) is 4. The number of alkyl halides is 1. The summed E-state index contributed by atoms with van der Waals surface area (Å²) < 4.78 is 21.4. The summed E-state index contributed by atoms with van der Waals surface area (Å²) in [6.07, 6.45) is 18.0. The molecule has 2 aliphatic rings. The molecule has 0 spiro atoms. The van der Waals surface area contributed by atoms with Gasteiger partial charge >= 0.3 is 0 Å². The zero-order valence-electron chi connectivity index (χ0n) is 31.6. The number of ether oxygens (including phenoxy) is 1. The normalized spacial score (nSPS) is 29.4. The monoisotopic (exact) mass is 694 g/mol. The number of hydrogen-bond donors (Lipinski definition) is 2. The Morgan fingerprint density at radius 2 is 1.90 bits per heavy atom. The van der Waals surface area contributed by atoms with Gasteiger partial charge in [0.1, 0.15) is 17.7 Å². The lowest BCUT2D eigenvalue weighted by Gasteiger charge is -2.35. The lowest BCUT2D eigenvalue weighted by atomic mass is 9.73. The van der Waals surface area contributed by atoms with E-state index in [0.29, 0.717) is 48.1 Å². The Hall–Kier alpha value is -3.05. The zero-order chi connectivity index (χ0) is 36.9. The van der Waals surface area contributed by atoms with Crippen molar-refractivity contribution < 1.29 is 13.9 Å². The molecule has 2 N–H and O–H groups in total. The Bertz CT molecular complexity index is 1340.